The van der Waals surface area contributed by atoms with Crippen LogP contribution in [0.2, 0.25) is 0 Å². The maximum absolute atomic E-state index is 14.9. The number of piperidine rings is 1. The van der Waals surface area contributed by atoms with E-state index in [1.165, 1.54) is 29.3 Å². The molecule has 1 aromatic heterocycles. The summed E-state index contributed by atoms with van der Waals surface area (Å²) in [5, 5.41) is 17.7. The third kappa shape index (κ3) is 18.9. The second-order valence-electron chi connectivity index (χ2n) is 17.6. The molecule has 2 heterocycles. The molecule has 7 atom stereocenters. The minimum absolute atomic E-state index is 0.0188. The molecule has 67 heavy (non-hydrogen) atoms. The number of aromatic nitrogens is 1. The van der Waals surface area contributed by atoms with Gasteiger partial charge in [0.05, 0.1) is 12.6 Å². The molecule has 3 rings (SSSR count). The van der Waals surface area contributed by atoms with E-state index in [4.69, 9.17) is 14.2 Å². The second kappa shape index (κ2) is 29.1. The Kier molecular flexibility index (Phi) is 24.4. The first-order valence-electron chi connectivity index (χ1n) is 23.3. The molecule has 0 bridgehead atoms. The van der Waals surface area contributed by atoms with Crippen LogP contribution in [-0.2, 0) is 44.6 Å². The molecule has 18 nitrogen and oxygen atoms in total. The van der Waals surface area contributed by atoms with Crippen LogP contribution in [0.4, 0.5) is 4.79 Å². The van der Waals surface area contributed by atoms with Gasteiger partial charge in [-0.3, -0.25) is 39.1 Å². The molecule has 20 heteroatoms. The van der Waals surface area contributed by atoms with Crippen molar-refractivity contribution in [2.75, 3.05) is 38.9 Å². The van der Waals surface area contributed by atoms with Crippen molar-refractivity contribution in [2.45, 2.75) is 143 Å². The summed E-state index contributed by atoms with van der Waals surface area (Å²) in [6.45, 7) is 12.9. The number of likely N-dealkylation sites (tertiary alicyclic amines) is 1. The fourth-order valence-corrected chi connectivity index (χ4v) is 8.97. The van der Waals surface area contributed by atoms with Gasteiger partial charge >= 0.3 is 18.0 Å². The monoisotopic (exact) mass is 975 g/mol. The number of thiazole rings is 1. The molecule has 0 aliphatic carbocycles. The van der Waals surface area contributed by atoms with Gasteiger partial charge < -0.3 is 34.9 Å². The number of hydrazine groups is 1. The molecule has 1 fully saturated rings. The summed E-state index contributed by atoms with van der Waals surface area (Å²) in [6.07, 6.45) is 5.02. The number of carbonyl (C=O) groups is 7. The second-order valence-corrected chi connectivity index (χ2v) is 19.4. The first-order valence-corrected chi connectivity index (χ1v) is 25.6. The quantitative estimate of drug-likeness (QED) is 0.0243. The smallest absolute Gasteiger partial charge is 0.426 e. The van der Waals surface area contributed by atoms with Crippen LogP contribution in [0, 0.1) is 17.8 Å². The fraction of sp³-hybridized carbons (Fsp3) is 0.660. The van der Waals surface area contributed by atoms with Crippen LogP contribution >= 0.6 is 23.1 Å². The van der Waals surface area contributed by atoms with Crippen LogP contribution in [0.25, 0.3) is 0 Å². The first-order chi connectivity index (χ1) is 31.9. The number of benzene rings is 1. The molecule has 2 aromatic rings. The highest BCUT2D eigenvalue weighted by molar-refractivity contribution is 7.98. The Morgan fingerprint density at radius 2 is 1.70 bits per heavy atom. The van der Waals surface area contributed by atoms with Gasteiger partial charge in [0.25, 0.3) is 5.91 Å². The molecule has 1 unspecified atom stereocenters. The number of thioether (sulfide) groups is 1. The van der Waals surface area contributed by atoms with Crippen LogP contribution < -0.4 is 21.5 Å². The molecule has 0 radical (unpaired) electrons. The predicted molar refractivity (Wildman–Crippen MR) is 257 cm³/mol. The van der Waals surface area contributed by atoms with Gasteiger partial charge in [0.2, 0.25) is 17.7 Å². The summed E-state index contributed by atoms with van der Waals surface area (Å²) < 4.78 is 16.6. The van der Waals surface area contributed by atoms with Crippen molar-refractivity contribution in [3.8, 4) is 5.75 Å². The number of rotatable bonds is 26. The maximum atomic E-state index is 14.9. The number of esters is 2. The summed E-state index contributed by atoms with van der Waals surface area (Å²) in [5.41, 5.74) is 5.42. The summed E-state index contributed by atoms with van der Waals surface area (Å²) in [6, 6.07) is 3.79. The van der Waals surface area contributed by atoms with E-state index in [9.17, 15) is 38.7 Å². The Hall–Kier alpha value is -4.95. The number of phenols is 1. The van der Waals surface area contributed by atoms with Crippen LogP contribution in [0.1, 0.15) is 133 Å². The zero-order chi connectivity index (χ0) is 49.6. The minimum atomic E-state index is -1.04. The van der Waals surface area contributed by atoms with Crippen LogP contribution in [0.15, 0.2) is 29.6 Å². The van der Waals surface area contributed by atoms with Crippen LogP contribution in [0.3, 0.4) is 0 Å². The third-order valence-electron chi connectivity index (χ3n) is 11.8. The minimum Gasteiger partial charge on any atom is -0.508 e. The van der Waals surface area contributed by atoms with Crippen molar-refractivity contribution in [1.82, 2.24) is 36.3 Å². The van der Waals surface area contributed by atoms with Gasteiger partial charge in [-0.15, -0.1) is 11.3 Å². The van der Waals surface area contributed by atoms with Crippen LogP contribution in [0.5, 0.6) is 5.75 Å². The molecule has 1 saturated heterocycles. The van der Waals surface area contributed by atoms with Crippen molar-refractivity contribution in [1.29, 1.82) is 0 Å². The molecule has 1 aliphatic heterocycles. The van der Waals surface area contributed by atoms with E-state index in [0.29, 0.717) is 25.7 Å². The number of ether oxygens (including phenoxy) is 3. The van der Waals surface area contributed by atoms with Crippen molar-refractivity contribution in [3.05, 3.63) is 45.9 Å². The van der Waals surface area contributed by atoms with Gasteiger partial charge in [0.1, 0.15) is 22.5 Å². The van der Waals surface area contributed by atoms with E-state index in [1.54, 1.807) is 30.8 Å². The number of aromatic hydroxyl groups is 1. The number of hydrogen-bond acceptors (Lipinski definition) is 15. The number of likely N-dealkylation sites (N-methyl/N-ethyl adjacent to an activating group) is 1. The predicted octanol–water partition coefficient (Wildman–Crippen LogP) is 5.89. The van der Waals surface area contributed by atoms with E-state index in [0.717, 1.165) is 42.0 Å². The SMILES string of the molecule is CCCC(=O)OCN(C(=O)[C@@H](NC(=O)[C@H]1CCCCN1C)C(C)CC)[C@H](C[C@@H](OC(C)=O)c1nc(C(=O)N[C@@H](Cc2ccc(O)cc2)C[C@H](C)C(=O)NNC(=O)OCCCSC)cs1)C(C)C. The molecule has 0 spiro atoms. The molecule has 1 aliphatic rings. The Balaban J connectivity index is 1.90. The Labute approximate surface area is 403 Å². The number of nitrogens with one attached hydrogen (secondary N) is 4. The zero-order valence-corrected chi connectivity index (χ0v) is 42.2. The van der Waals surface area contributed by atoms with Crippen molar-refractivity contribution >= 4 is 64.8 Å². The lowest BCUT2D eigenvalue weighted by Gasteiger charge is -2.39. The van der Waals surface area contributed by atoms with Crippen molar-refractivity contribution in [2.24, 2.45) is 17.8 Å². The van der Waals surface area contributed by atoms with Gasteiger partial charge in [-0.2, -0.15) is 11.8 Å². The zero-order valence-electron chi connectivity index (χ0n) is 40.6. The molecular weight excluding hydrogens is 903 g/mol. The Morgan fingerprint density at radius 3 is 2.33 bits per heavy atom. The summed E-state index contributed by atoms with van der Waals surface area (Å²) in [7, 11) is 1.90. The van der Waals surface area contributed by atoms with Gasteiger partial charge in [0.15, 0.2) is 12.8 Å². The van der Waals surface area contributed by atoms with E-state index in [1.807, 2.05) is 52.8 Å². The van der Waals surface area contributed by atoms with Gasteiger partial charge in [0, 0.05) is 43.1 Å². The first kappa shape index (κ1) is 56.4. The highest BCUT2D eigenvalue weighted by atomic mass is 32.2. The highest BCUT2D eigenvalue weighted by Crippen LogP contribution is 2.32. The number of nitrogens with zero attached hydrogens (tertiary/aromatic N) is 3. The molecule has 374 valence electrons. The largest absolute Gasteiger partial charge is 0.508 e. The lowest BCUT2D eigenvalue weighted by molar-refractivity contribution is -0.160. The summed E-state index contributed by atoms with van der Waals surface area (Å²) in [5.74, 6) is -3.25. The van der Waals surface area contributed by atoms with Crippen LogP contribution in [-0.4, -0.2) is 125 Å². The normalized spacial score (nSPS) is 16.6. The van der Waals surface area contributed by atoms with E-state index < -0.39 is 72.6 Å². The average molecular weight is 976 g/mol. The fourth-order valence-electron chi connectivity index (χ4n) is 7.72. The Morgan fingerprint density at radius 1 is 0.985 bits per heavy atom. The van der Waals surface area contributed by atoms with Crippen molar-refractivity contribution < 1.29 is 52.9 Å². The van der Waals surface area contributed by atoms with Gasteiger partial charge in [-0.25, -0.2) is 15.2 Å². The highest BCUT2D eigenvalue weighted by Gasteiger charge is 2.39. The van der Waals surface area contributed by atoms with Crippen molar-refractivity contribution in [3.63, 3.8) is 0 Å². The topological polar surface area (TPSA) is 235 Å². The lowest BCUT2D eigenvalue weighted by Crippen LogP contribution is -2.59. The van der Waals surface area contributed by atoms with E-state index in [-0.39, 0.29) is 72.5 Å². The standard InChI is InChI=1S/C47H73N7O11S2/c1-10-15-40(57)64-28-54(46(61)41(30(5)11-2)50-44(60)37-16-12-13-21-53(37)8)38(29(3)4)26-39(65-32(7)55)45-49-36(27-67-45)43(59)48-34(25-33-17-19-35(56)20-18-33)24-31(6)42(58)51-52-47(62)63-22-14-23-66-9/h17-20,27,29-31,34,37-39,41,56H,10-16,21-26,28H2,1-9H3,(H,48,59)(H,50,60)(H,51,58)(H,52,62)/t30?,31-,34+,37+,38+,39+,41-/m0/s1. The Bertz CT molecular complexity index is 1920. The third-order valence-corrected chi connectivity index (χ3v) is 13.4. The number of hydrogen-bond donors (Lipinski definition) is 5. The van der Waals surface area contributed by atoms with E-state index in [2.05, 4.69) is 26.5 Å². The maximum Gasteiger partial charge on any atom is 0.426 e. The number of amides is 5. The molecule has 0 saturated carbocycles. The molecule has 5 amide bonds. The number of carbonyl (C=O) groups excluding carboxylic acids is 7. The lowest BCUT2D eigenvalue weighted by atomic mass is 9.92. The molecule has 1 aromatic carbocycles. The average Bonchev–Trinajstić information content (AvgIpc) is 3.79. The summed E-state index contributed by atoms with van der Waals surface area (Å²) in [4.78, 5) is 101. The molecule has 5 N–H and O–H groups in total. The molecular formula is C47H73N7O11S2. The van der Waals surface area contributed by atoms with Gasteiger partial charge in [-0.05, 0) is 93.7 Å². The van der Waals surface area contributed by atoms with E-state index >= 15 is 0 Å². The summed E-state index contributed by atoms with van der Waals surface area (Å²) >= 11 is 2.71. The van der Waals surface area contributed by atoms with Gasteiger partial charge in [-0.1, -0.05) is 66.5 Å². The number of phenolic OH excluding ortho intramolecular Hbond substituents is 1.